The summed E-state index contributed by atoms with van der Waals surface area (Å²) in [6.07, 6.45) is 0.877. The van der Waals surface area contributed by atoms with Crippen LogP contribution in [0.4, 0.5) is 4.39 Å². The summed E-state index contributed by atoms with van der Waals surface area (Å²) in [5.41, 5.74) is 5.14. The largest absolute Gasteiger partial charge is 0.507 e. The van der Waals surface area contributed by atoms with Gasteiger partial charge in [-0.25, -0.2) is 4.39 Å². The Labute approximate surface area is 125 Å². The van der Waals surface area contributed by atoms with E-state index in [0.29, 0.717) is 5.75 Å². The van der Waals surface area contributed by atoms with Crippen molar-refractivity contribution in [3.63, 3.8) is 0 Å². The summed E-state index contributed by atoms with van der Waals surface area (Å²) in [6, 6.07) is 8.93. The number of phenols is 1. The van der Waals surface area contributed by atoms with Crippen molar-refractivity contribution in [1.29, 1.82) is 0 Å². The summed E-state index contributed by atoms with van der Waals surface area (Å²) in [5.74, 6) is 0.194. The lowest BCUT2D eigenvalue weighted by molar-refractivity contribution is 0.466. The van der Waals surface area contributed by atoms with Gasteiger partial charge in [0.05, 0.1) is 0 Å². The molecule has 0 aliphatic rings. The number of halogens is 1. The normalized spacial score (nSPS) is 10.9. The van der Waals surface area contributed by atoms with Crippen LogP contribution in [0.2, 0.25) is 0 Å². The van der Waals surface area contributed by atoms with Crippen LogP contribution in [0.25, 0.3) is 0 Å². The first-order valence-corrected chi connectivity index (χ1v) is 7.22. The van der Waals surface area contributed by atoms with Gasteiger partial charge < -0.3 is 10.4 Å². The number of phenolic OH excluding ortho intramolecular Hbond substituents is 1. The van der Waals surface area contributed by atoms with E-state index in [4.69, 9.17) is 0 Å². The predicted octanol–water partition coefficient (Wildman–Crippen LogP) is 3.79. The smallest absolute Gasteiger partial charge is 0.123 e. The van der Waals surface area contributed by atoms with Crippen LogP contribution in [0.5, 0.6) is 5.75 Å². The van der Waals surface area contributed by atoms with E-state index >= 15 is 0 Å². The third-order valence-electron chi connectivity index (χ3n) is 3.76. The van der Waals surface area contributed by atoms with E-state index in [1.54, 1.807) is 6.07 Å². The van der Waals surface area contributed by atoms with Crippen molar-refractivity contribution in [2.24, 2.45) is 0 Å². The number of aryl methyl sites for hydroxylation is 3. The highest BCUT2D eigenvalue weighted by atomic mass is 19.1. The van der Waals surface area contributed by atoms with Crippen LogP contribution in [-0.4, -0.2) is 11.7 Å². The average Bonchev–Trinajstić information content (AvgIpc) is 2.42. The summed E-state index contributed by atoms with van der Waals surface area (Å²) in [5, 5.41) is 13.1. The fourth-order valence-electron chi connectivity index (χ4n) is 2.54. The van der Waals surface area contributed by atoms with Gasteiger partial charge in [-0.05, 0) is 73.7 Å². The van der Waals surface area contributed by atoms with E-state index in [2.05, 4.69) is 5.32 Å². The van der Waals surface area contributed by atoms with Gasteiger partial charge in [0.25, 0.3) is 0 Å². The molecule has 0 fully saturated rings. The Morgan fingerprint density at radius 3 is 2.29 bits per heavy atom. The molecular formula is C18H22FNO. The van der Waals surface area contributed by atoms with Crippen molar-refractivity contribution in [3.8, 4) is 5.75 Å². The molecule has 0 saturated heterocycles. The minimum absolute atomic E-state index is 0.181. The van der Waals surface area contributed by atoms with Crippen LogP contribution in [0, 0.1) is 26.6 Å². The molecule has 0 radical (unpaired) electrons. The maximum atomic E-state index is 13.0. The molecule has 0 saturated carbocycles. The van der Waals surface area contributed by atoms with E-state index in [1.165, 1.54) is 17.2 Å². The highest BCUT2D eigenvalue weighted by Crippen LogP contribution is 2.22. The van der Waals surface area contributed by atoms with Gasteiger partial charge in [0.15, 0.2) is 0 Å². The van der Waals surface area contributed by atoms with Crippen LogP contribution < -0.4 is 5.32 Å². The molecule has 0 spiro atoms. The van der Waals surface area contributed by atoms with Gasteiger partial charge in [-0.3, -0.25) is 0 Å². The Morgan fingerprint density at radius 2 is 1.67 bits per heavy atom. The molecule has 2 N–H and O–H groups in total. The van der Waals surface area contributed by atoms with Crippen molar-refractivity contribution >= 4 is 0 Å². The number of hydrogen-bond donors (Lipinski definition) is 2. The van der Waals surface area contributed by atoms with Gasteiger partial charge in [-0.1, -0.05) is 18.2 Å². The summed E-state index contributed by atoms with van der Waals surface area (Å²) in [4.78, 5) is 0. The topological polar surface area (TPSA) is 32.3 Å². The first-order chi connectivity index (χ1) is 9.97. The molecule has 2 nitrogen and oxygen atoms in total. The quantitative estimate of drug-likeness (QED) is 0.820. The molecule has 0 bridgehead atoms. The van der Waals surface area contributed by atoms with Crippen LogP contribution >= 0.6 is 0 Å². The van der Waals surface area contributed by atoms with E-state index in [9.17, 15) is 9.50 Å². The SMILES string of the molecule is Cc1cc(F)ccc1CCNCc1cc(C)c(O)c(C)c1. The lowest BCUT2D eigenvalue weighted by Gasteiger charge is -2.10. The number of aromatic hydroxyl groups is 1. The number of rotatable bonds is 5. The molecule has 0 heterocycles. The first kappa shape index (κ1) is 15.5. The minimum Gasteiger partial charge on any atom is -0.507 e. The Kier molecular flexibility index (Phi) is 4.97. The van der Waals surface area contributed by atoms with E-state index in [-0.39, 0.29) is 5.82 Å². The molecular weight excluding hydrogens is 265 g/mol. The second-order valence-electron chi connectivity index (χ2n) is 5.58. The number of benzene rings is 2. The van der Waals surface area contributed by atoms with Gasteiger partial charge in [0, 0.05) is 6.54 Å². The van der Waals surface area contributed by atoms with Crippen molar-refractivity contribution < 1.29 is 9.50 Å². The van der Waals surface area contributed by atoms with Crippen molar-refractivity contribution in [1.82, 2.24) is 5.32 Å². The number of hydrogen-bond acceptors (Lipinski definition) is 2. The standard InChI is InChI=1S/C18H22FNO/c1-12-10-17(19)5-4-16(12)6-7-20-11-15-8-13(2)18(21)14(3)9-15/h4-5,8-10,20-21H,6-7,11H2,1-3H3. The van der Waals surface area contributed by atoms with E-state index in [0.717, 1.165) is 36.2 Å². The third kappa shape index (κ3) is 4.05. The zero-order chi connectivity index (χ0) is 15.4. The molecule has 2 aromatic rings. The molecule has 112 valence electrons. The van der Waals surface area contributed by atoms with Crippen LogP contribution in [0.1, 0.15) is 27.8 Å². The fourth-order valence-corrected chi connectivity index (χ4v) is 2.54. The second kappa shape index (κ2) is 6.72. The Hall–Kier alpha value is -1.87. The Bertz CT molecular complexity index is 614. The summed E-state index contributed by atoms with van der Waals surface area (Å²) < 4.78 is 13.0. The van der Waals surface area contributed by atoms with E-state index < -0.39 is 0 Å². The molecule has 2 rings (SSSR count). The zero-order valence-electron chi connectivity index (χ0n) is 12.8. The van der Waals surface area contributed by atoms with Crippen LogP contribution in [0.3, 0.4) is 0 Å². The first-order valence-electron chi connectivity index (χ1n) is 7.22. The maximum absolute atomic E-state index is 13.0. The minimum atomic E-state index is -0.181. The van der Waals surface area contributed by atoms with Crippen molar-refractivity contribution in [2.45, 2.75) is 33.7 Å². The van der Waals surface area contributed by atoms with Gasteiger partial charge in [-0.2, -0.15) is 0 Å². The summed E-state index contributed by atoms with van der Waals surface area (Å²) in [6.45, 7) is 7.36. The highest BCUT2D eigenvalue weighted by molar-refractivity contribution is 5.42. The Morgan fingerprint density at radius 1 is 1.00 bits per heavy atom. The van der Waals surface area contributed by atoms with E-state index in [1.807, 2.05) is 39.0 Å². The number of nitrogens with one attached hydrogen (secondary N) is 1. The van der Waals surface area contributed by atoms with Gasteiger partial charge in [-0.15, -0.1) is 0 Å². The summed E-state index contributed by atoms with van der Waals surface area (Å²) >= 11 is 0. The molecule has 0 aliphatic carbocycles. The second-order valence-corrected chi connectivity index (χ2v) is 5.58. The molecule has 0 unspecified atom stereocenters. The van der Waals surface area contributed by atoms with Gasteiger partial charge in [0.1, 0.15) is 11.6 Å². The molecule has 3 heteroatoms. The summed E-state index contributed by atoms with van der Waals surface area (Å²) in [7, 11) is 0. The molecule has 0 amide bonds. The van der Waals surface area contributed by atoms with Crippen molar-refractivity contribution in [3.05, 3.63) is 64.0 Å². The molecule has 0 aromatic heterocycles. The molecule has 0 aliphatic heterocycles. The zero-order valence-corrected chi connectivity index (χ0v) is 12.8. The molecule has 0 atom stereocenters. The third-order valence-corrected chi connectivity index (χ3v) is 3.76. The Balaban J connectivity index is 1.87. The van der Waals surface area contributed by atoms with Gasteiger partial charge >= 0.3 is 0 Å². The maximum Gasteiger partial charge on any atom is 0.123 e. The monoisotopic (exact) mass is 287 g/mol. The lowest BCUT2D eigenvalue weighted by atomic mass is 10.0. The van der Waals surface area contributed by atoms with Crippen LogP contribution in [0.15, 0.2) is 30.3 Å². The average molecular weight is 287 g/mol. The fraction of sp³-hybridized carbons (Fsp3) is 0.333. The van der Waals surface area contributed by atoms with Gasteiger partial charge in [0.2, 0.25) is 0 Å². The molecule has 2 aromatic carbocycles. The van der Waals surface area contributed by atoms with Crippen LogP contribution in [-0.2, 0) is 13.0 Å². The highest BCUT2D eigenvalue weighted by Gasteiger charge is 2.04. The lowest BCUT2D eigenvalue weighted by Crippen LogP contribution is -2.17. The predicted molar refractivity (Wildman–Crippen MR) is 84.1 cm³/mol. The molecule has 21 heavy (non-hydrogen) atoms. The van der Waals surface area contributed by atoms with Crippen molar-refractivity contribution in [2.75, 3.05) is 6.54 Å².